The number of fused-ring (bicyclic) bond motifs is 1. The lowest BCUT2D eigenvalue weighted by Crippen LogP contribution is -2.04. The summed E-state index contributed by atoms with van der Waals surface area (Å²) in [6.07, 6.45) is 3.16. The van der Waals surface area contributed by atoms with Gasteiger partial charge in [-0.25, -0.2) is 14.6 Å². The highest BCUT2D eigenvalue weighted by atomic mass is 16.5. The van der Waals surface area contributed by atoms with E-state index < -0.39 is 0 Å². The molecule has 0 aliphatic heterocycles. The lowest BCUT2D eigenvalue weighted by molar-refractivity contribution is 0.276. The maximum atomic E-state index is 9.14. The van der Waals surface area contributed by atoms with Crippen molar-refractivity contribution in [3.8, 4) is 28.5 Å². The van der Waals surface area contributed by atoms with Gasteiger partial charge in [-0.1, -0.05) is 6.07 Å². The first kappa shape index (κ1) is 24.2. The van der Waals surface area contributed by atoms with Crippen molar-refractivity contribution >= 4 is 16.9 Å². The van der Waals surface area contributed by atoms with Gasteiger partial charge in [0.1, 0.15) is 41.7 Å². The molecule has 0 saturated carbocycles. The minimum atomic E-state index is -0.0824. The zero-order valence-corrected chi connectivity index (χ0v) is 20.9. The molecule has 0 fully saturated rings. The number of nitrogen functional groups attached to an aromatic ring is 1. The summed E-state index contributed by atoms with van der Waals surface area (Å²) in [5.41, 5.74) is 11.1. The predicted molar refractivity (Wildman–Crippen MR) is 141 cm³/mol. The van der Waals surface area contributed by atoms with Crippen molar-refractivity contribution in [2.45, 2.75) is 40.0 Å². The lowest BCUT2D eigenvalue weighted by Gasteiger charge is -2.11. The maximum absolute atomic E-state index is 9.14. The smallest absolute Gasteiger partial charge is 0.164 e. The average Bonchev–Trinajstić information content (AvgIpc) is 3.29. The summed E-state index contributed by atoms with van der Waals surface area (Å²) in [5, 5.41) is 14.7. The van der Waals surface area contributed by atoms with Crippen LogP contribution in [0.4, 0.5) is 5.82 Å². The Balaban J connectivity index is 1.34. The van der Waals surface area contributed by atoms with Gasteiger partial charge in [0.05, 0.1) is 17.7 Å². The van der Waals surface area contributed by atoms with Crippen LogP contribution in [0.1, 0.15) is 36.7 Å². The Morgan fingerprint density at radius 3 is 2.43 bits per heavy atom. The standard InChI is InChI=1S/C28H28N6O3/c1-17(2)34-28-25(27(29)31-16-32-28)26(33-34)20-5-8-22(9-6-20)37-24-11-18(3)10-23(12-24)36-15-19-4-7-21(14-35)30-13-19/h4-13,16-17,35H,14-15H2,1-3H3,(H2,29,31,32). The van der Waals surface area contributed by atoms with Crippen molar-refractivity contribution in [2.75, 3.05) is 5.73 Å². The average molecular weight is 497 g/mol. The number of nitrogens with two attached hydrogens (primary N) is 1. The second-order valence-corrected chi connectivity index (χ2v) is 9.06. The minimum Gasteiger partial charge on any atom is -0.489 e. The van der Waals surface area contributed by atoms with E-state index in [-0.39, 0.29) is 12.6 Å². The third kappa shape index (κ3) is 5.22. The van der Waals surface area contributed by atoms with E-state index in [1.165, 1.54) is 6.33 Å². The summed E-state index contributed by atoms with van der Waals surface area (Å²) >= 11 is 0. The molecule has 9 nitrogen and oxygen atoms in total. The van der Waals surface area contributed by atoms with Crippen LogP contribution in [-0.4, -0.2) is 29.8 Å². The topological polar surface area (TPSA) is 121 Å². The molecule has 188 valence electrons. The number of hydrogen-bond donors (Lipinski definition) is 2. The van der Waals surface area contributed by atoms with Crippen LogP contribution < -0.4 is 15.2 Å². The van der Waals surface area contributed by atoms with Gasteiger partial charge in [-0.2, -0.15) is 5.10 Å². The molecule has 37 heavy (non-hydrogen) atoms. The van der Waals surface area contributed by atoms with Crippen LogP contribution in [0.2, 0.25) is 0 Å². The summed E-state index contributed by atoms with van der Waals surface area (Å²) in [7, 11) is 0. The van der Waals surface area contributed by atoms with Gasteiger partial charge in [-0.15, -0.1) is 0 Å². The van der Waals surface area contributed by atoms with Gasteiger partial charge in [0.25, 0.3) is 0 Å². The largest absolute Gasteiger partial charge is 0.489 e. The molecular weight excluding hydrogens is 468 g/mol. The molecule has 0 spiro atoms. The summed E-state index contributed by atoms with van der Waals surface area (Å²) in [6, 6.07) is 17.2. The van der Waals surface area contributed by atoms with Crippen molar-refractivity contribution < 1.29 is 14.6 Å². The Bertz CT molecular complexity index is 1530. The van der Waals surface area contributed by atoms with Crippen LogP contribution in [-0.2, 0) is 13.2 Å². The highest BCUT2D eigenvalue weighted by molar-refractivity contribution is 5.98. The fourth-order valence-electron chi connectivity index (χ4n) is 4.03. The number of aliphatic hydroxyl groups is 1. The van der Waals surface area contributed by atoms with Crippen molar-refractivity contribution in [3.63, 3.8) is 0 Å². The molecule has 0 unspecified atom stereocenters. The van der Waals surface area contributed by atoms with Crippen LogP contribution in [0.3, 0.4) is 0 Å². The van der Waals surface area contributed by atoms with E-state index in [1.807, 2.05) is 60.1 Å². The van der Waals surface area contributed by atoms with Crippen LogP contribution in [0.5, 0.6) is 17.2 Å². The van der Waals surface area contributed by atoms with Crippen LogP contribution in [0.25, 0.3) is 22.3 Å². The third-order valence-corrected chi connectivity index (χ3v) is 5.85. The van der Waals surface area contributed by atoms with Gasteiger partial charge in [0, 0.05) is 29.4 Å². The van der Waals surface area contributed by atoms with Gasteiger partial charge in [0.15, 0.2) is 5.65 Å². The van der Waals surface area contributed by atoms with Crippen molar-refractivity contribution in [1.29, 1.82) is 0 Å². The Morgan fingerprint density at radius 1 is 0.946 bits per heavy atom. The Kier molecular flexibility index (Phi) is 6.70. The highest BCUT2D eigenvalue weighted by Crippen LogP contribution is 2.34. The molecule has 0 aliphatic carbocycles. The summed E-state index contributed by atoms with van der Waals surface area (Å²) in [5.74, 6) is 2.45. The number of hydrogen-bond acceptors (Lipinski definition) is 8. The molecule has 2 aromatic carbocycles. The highest BCUT2D eigenvalue weighted by Gasteiger charge is 2.18. The fraction of sp³-hybridized carbons (Fsp3) is 0.214. The van der Waals surface area contributed by atoms with Gasteiger partial charge in [0.2, 0.25) is 0 Å². The SMILES string of the molecule is Cc1cc(OCc2ccc(CO)nc2)cc(Oc2ccc(-c3nn(C(C)C)c4ncnc(N)c34)cc2)c1. The predicted octanol–water partition coefficient (Wildman–Crippen LogP) is 5.22. The number of anilines is 1. The zero-order chi connectivity index (χ0) is 25.9. The molecule has 5 rings (SSSR count). The minimum absolute atomic E-state index is 0.0824. The molecule has 3 N–H and O–H groups in total. The van der Waals surface area contributed by atoms with Crippen LogP contribution >= 0.6 is 0 Å². The van der Waals surface area contributed by atoms with E-state index in [1.54, 1.807) is 12.3 Å². The molecule has 3 aromatic heterocycles. The Labute approximate surface area is 214 Å². The van der Waals surface area contributed by atoms with Gasteiger partial charge in [-0.3, -0.25) is 4.98 Å². The first-order chi connectivity index (χ1) is 17.9. The van der Waals surface area contributed by atoms with Gasteiger partial charge < -0.3 is 20.3 Å². The number of benzene rings is 2. The van der Waals surface area contributed by atoms with Gasteiger partial charge >= 0.3 is 0 Å². The number of nitrogens with zero attached hydrogens (tertiary/aromatic N) is 5. The van der Waals surface area contributed by atoms with Crippen molar-refractivity contribution in [2.24, 2.45) is 0 Å². The lowest BCUT2D eigenvalue weighted by atomic mass is 10.1. The molecule has 0 atom stereocenters. The third-order valence-electron chi connectivity index (χ3n) is 5.85. The van der Waals surface area contributed by atoms with Crippen LogP contribution in [0.15, 0.2) is 67.1 Å². The van der Waals surface area contributed by atoms with E-state index in [0.29, 0.717) is 41.0 Å². The zero-order valence-electron chi connectivity index (χ0n) is 20.9. The van der Waals surface area contributed by atoms with E-state index in [2.05, 4.69) is 28.8 Å². The molecule has 0 aliphatic rings. The van der Waals surface area contributed by atoms with E-state index in [0.717, 1.165) is 27.8 Å². The molecule has 0 amide bonds. The second-order valence-electron chi connectivity index (χ2n) is 9.06. The van der Waals surface area contributed by atoms with Crippen molar-refractivity contribution in [3.05, 3.63) is 83.9 Å². The molecule has 0 bridgehead atoms. The molecule has 5 aromatic rings. The number of aromatic nitrogens is 5. The number of aliphatic hydroxyl groups excluding tert-OH is 1. The maximum Gasteiger partial charge on any atom is 0.164 e. The van der Waals surface area contributed by atoms with E-state index in [9.17, 15) is 0 Å². The number of aryl methyl sites for hydroxylation is 1. The van der Waals surface area contributed by atoms with E-state index in [4.69, 9.17) is 25.4 Å². The number of pyridine rings is 1. The second kappa shape index (κ2) is 10.2. The first-order valence-corrected chi connectivity index (χ1v) is 12.0. The fourth-order valence-corrected chi connectivity index (χ4v) is 4.03. The van der Waals surface area contributed by atoms with E-state index >= 15 is 0 Å². The Morgan fingerprint density at radius 2 is 1.73 bits per heavy atom. The van der Waals surface area contributed by atoms with Crippen molar-refractivity contribution in [1.82, 2.24) is 24.7 Å². The number of rotatable bonds is 8. The summed E-state index contributed by atoms with van der Waals surface area (Å²) < 4.78 is 14.0. The molecule has 9 heteroatoms. The molecule has 0 saturated heterocycles. The summed E-state index contributed by atoms with van der Waals surface area (Å²) in [4.78, 5) is 12.7. The first-order valence-electron chi connectivity index (χ1n) is 12.0. The monoisotopic (exact) mass is 496 g/mol. The quantitative estimate of drug-likeness (QED) is 0.300. The summed E-state index contributed by atoms with van der Waals surface area (Å²) in [6.45, 7) is 6.37. The Hall–Kier alpha value is -4.50. The van der Waals surface area contributed by atoms with Gasteiger partial charge in [-0.05, 0) is 68.8 Å². The number of ether oxygens (including phenoxy) is 2. The molecular formula is C28H28N6O3. The molecule has 3 heterocycles. The van der Waals surface area contributed by atoms with Crippen LogP contribution in [0, 0.1) is 6.92 Å². The normalized spacial score (nSPS) is 11.3. The molecule has 0 radical (unpaired) electrons.